The van der Waals surface area contributed by atoms with Gasteiger partial charge in [0.15, 0.2) is 5.69 Å². The summed E-state index contributed by atoms with van der Waals surface area (Å²) in [6.45, 7) is 3.40. The summed E-state index contributed by atoms with van der Waals surface area (Å²) in [6, 6.07) is 17.0. The fourth-order valence-electron chi connectivity index (χ4n) is 9.90. The average Bonchev–Trinajstić information content (AvgIpc) is 3.57. The minimum absolute atomic E-state index is 0.00509. The zero-order valence-corrected chi connectivity index (χ0v) is 32.8. The normalized spacial score (nSPS) is 24.7. The van der Waals surface area contributed by atoms with Crippen LogP contribution >= 0.6 is 11.6 Å². The molecule has 4 aliphatic rings. The number of rotatable bonds is 8. The number of nitro benzene ring substituents is 2. The molecule has 2 heterocycles. The standard InChI is InChI=1S/C42H36ClFN6O9/c1-20-15-22(16-21(2)37(20)51)35-28-13-14-29-34(40(54)47(38(29)52)27-17-32(49(56)57)36(46(3)4)33(18-27)50(58)59)30(28)19-31-39(53)48(45-26-11-9-25(44)10-12-26)41(55)42(31,35)23-5-7-24(43)8-6-23/h5-13,15-18,29-31,34-35,45,51H,14,19H2,1-4H3. The zero-order valence-electron chi connectivity index (χ0n) is 32.0. The van der Waals surface area contributed by atoms with Crippen LogP contribution < -0.4 is 15.2 Å². The third-order valence-corrected chi connectivity index (χ3v) is 12.5. The third kappa shape index (κ3) is 5.83. The largest absolute Gasteiger partial charge is 0.507 e. The number of nitrogens with one attached hydrogen (secondary N) is 1. The number of nitrogens with zero attached hydrogens (tertiary/aromatic N) is 5. The highest BCUT2D eigenvalue weighted by atomic mass is 35.5. The highest BCUT2D eigenvalue weighted by Crippen LogP contribution is 2.64. The number of phenols is 1. The van der Waals surface area contributed by atoms with Crippen LogP contribution in [0.2, 0.25) is 5.02 Å². The molecule has 2 aliphatic heterocycles. The van der Waals surface area contributed by atoms with Gasteiger partial charge in [0, 0.05) is 37.2 Å². The number of amides is 4. The van der Waals surface area contributed by atoms with Crippen molar-refractivity contribution in [2.24, 2.45) is 23.7 Å². The molecule has 3 fully saturated rings. The fraction of sp³-hybridized carbons (Fsp3) is 0.286. The first-order valence-corrected chi connectivity index (χ1v) is 19.0. The summed E-state index contributed by atoms with van der Waals surface area (Å²) in [5.74, 6) is -8.35. The van der Waals surface area contributed by atoms with Gasteiger partial charge in [-0.05, 0) is 91.3 Å². The van der Waals surface area contributed by atoms with Gasteiger partial charge in [-0.3, -0.25) is 44.8 Å². The van der Waals surface area contributed by atoms with Crippen molar-refractivity contribution < 1.29 is 38.5 Å². The number of imide groups is 2. The van der Waals surface area contributed by atoms with Crippen molar-refractivity contribution in [3.8, 4) is 5.75 Å². The van der Waals surface area contributed by atoms with Crippen molar-refractivity contribution in [3.05, 3.63) is 138 Å². The molecule has 17 heteroatoms. The van der Waals surface area contributed by atoms with Gasteiger partial charge in [0.05, 0.1) is 44.4 Å². The predicted octanol–water partition coefficient (Wildman–Crippen LogP) is 6.87. The molecule has 0 bridgehead atoms. The first-order valence-electron chi connectivity index (χ1n) is 18.7. The van der Waals surface area contributed by atoms with Gasteiger partial charge in [-0.15, -0.1) is 0 Å². The molecule has 8 rings (SSSR count). The van der Waals surface area contributed by atoms with Gasteiger partial charge in [-0.1, -0.05) is 47.5 Å². The monoisotopic (exact) mass is 822 g/mol. The number of carbonyl (C=O) groups is 4. The second kappa shape index (κ2) is 14.0. The van der Waals surface area contributed by atoms with Crippen molar-refractivity contribution >= 4 is 63.7 Å². The van der Waals surface area contributed by atoms with E-state index in [2.05, 4.69) is 5.43 Å². The van der Waals surface area contributed by atoms with E-state index in [1.54, 1.807) is 50.2 Å². The Labute approximate surface area is 340 Å². The number of aryl methyl sites for hydroxylation is 2. The summed E-state index contributed by atoms with van der Waals surface area (Å²) in [4.78, 5) is 84.3. The second-order valence-corrected chi connectivity index (χ2v) is 16.1. The van der Waals surface area contributed by atoms with E-state index in [0.29, 0.717) is 32.8 Å². The van der Waals surface area contributed by atoms with Crippen LogP contribution in [0.5, 0.6) is 5.75 Å². The van der Waals surface area contributed by atoms with E-state index in [-0.39, 0.29) is 35.7 Å². The molecule has 2 N–H and O–H groups in total. The van der Waals surface area contributed by atoms with Crippen LogP contribution in [-0.4, -0.2) is 57.7 Å². The van der Waals surface area contributed by atoms with E-state index in [4.69, 9.17) is 11.6 Å². The maximum atomic E-state index is 15.4. The summed E-state index contributed by atoms with van der Waals surface area (Å²) in [7, 11) is 2.80. The number of hydrazine groups is 1. The van der Waals surface area contributed by atoms with Gasteiger partial charge in [-0.2, -0.15) is 5.01 Å². The molecule has 6 unspecified atom stereocenters. The quantitative estimate of drug-likeness (QED) is 0.0814. The van der Waals surface area contributed by atoms with Gasteiger partial charge in [0.2, 0.25) is 11.8 Å². The Hall–Kier alpha value is -6.68. The second-order valence-electron chi connectivity index (χ2n) is 15.6. The van der Waals surface area contributed by atoms with Gasteiger partial charge in [0.1, 0.15) is 11.6 Å². The van der Waals surface area contributed by atoms with Crippen LogP contribution in [0.3, 0.4) is 0 Å². The first kappa shape index (κ1) is 39.2. The van der Waals surface area contributed by atoms with Crippen molar-refractivity contribution in [1.29, 1.82) is 0 Å². The topological polar surface area (TPSA) is 197 Å². The molecule has 1 saturated carbocycles. The van der Waals surface area contributed by atoms with Crippen LogP contribution in [0.25, 0.3) is 0 Å². The summed E-state index contributed by atoms with van der Waals surface area (Å²) in [6.07, 6.45) is 1.72. The van der Waals surface area contributed by atoms with E-state index in [9.17, 15) is 44.1 Å². The Bertz CT molecular complexity index is 2510. The van der Waals surface area contributed by atoms with Crippen LogP contribution in [0, 0.1) is 63.6 Å². The summed E-state index contributed by atoms with van der Waals surface area (Å²) in [5, 5.41) is 36.7. The number of phenolic OH excluding ortho intramolecular Hbond substituents is 1. The molecular weight excluding hydrogens is 787 g/mol. The van der Waals surface area contributed by atoms with Gasteiger partial charge in [0.25, 0.3) is 11.8 Å². The predicted molar refractivity (Wildman–Crippen MR) is 213 cm³/mol. The number of anilines is 3. The molecule has 2 saturated heterocycles. The Kier molecular flexibility index (Phi) is 9.30. The number of hydrogen-bond acceptors (Lipinski definition) is 11. The van der Waals surface area contributed by atoms with E-state index < -0.39 is 85.7 Å². The average molecular weight is 823 g/mol. The van der Waals surface area contributed by atoms with Crippen LogP contribution in [0.1, 0.15) is 41.0 Å². The fourth-order valence-corrected chi connectivity index (χ4v) is 10.0. The van der Waals surface area contributed by atoms with Crippen LogP contribution in [0.15, 0.2) is 84.4 Å². The lowest BCUT2D eigenvalue weighted by atomic mass is 9.49. The van der Waals surface area contributed by atoms with Gasteiger partial charge >= 0.3 is 11.4 Å². The number of halogens is 2. The minimum Gasteiger partial charge on any atom is -0.507 e. The molecular formula is C42H36ClFN6O9. The first-order chi connectivity index (χ1) is 28.0. The van der Waals surface area contributed by atoms with Gasteiger partial charge < -0.3 is 10.0 Å². The molecule has 302 valence electrons. The van der Waals surface area contributed by atoms with Crippen molar-refractivity contribution in [2.75, 3.05) is 29.3 Å². The van der Waals surface area contributed by atoms with Crippen LogP contribution in [0.4, 0.5) is 32.8 Å². The van der Waals surface area contributed by atoms with Crippen molar-refractivity contribution in [2.45, 2.75) is 38.0 Å². The molecule has 59 heavy (non-hydrogen) atoms. The Morgan fingerprint density at radius 3 is 2.02 bits per heavy atom. The molecule has 4 aromatic carbocycles. The molecule has 2 aliphatic carbocycles. The molecule has 6 atom stereocenters. The molecule has 0 radical (unpaired) electrons. The lowest BCUT2D eigenvalue weighted by molar-refractivity contribution is -0.392. The molecule has 0 spiro atoms. The van der Waals surface area contributed by atoms with Crippen molar-refractivity contribution in [3.63, 3.8) is 0 Å². The highest BCUT2D eigenvalue weighted by Gasteiger charge is 2.70. The number of aromatic hydroxyl groups is 1. The number of allylic oxidation sites excluding steroid dienone is 2. The Morgan fingerprint density at radius 1 is 0.864 bits per heavy atom. The number of hydrogen-bond donors (Lipinski definition) is 2. The van der Waals surface area contributed by atoms with E-state index in [1.165, 1.54) is 43.3 Å². The Balaban J connectivity index is 1.32. The zero-order chi connectivity index (χ0) is 42.4. The van der Waals surface area contributed by atoms with Crippen LogP contribution in [-0.2, 0) is 24.6 Å². The smallest absolute Gasteiger partial charge is 0.301 e. The molecule has 0 aromatic heterocycles. The summed E-state index contributed by atoms with van der Waals surface area (Å²) < 4.78 is 13.9. The number of fused-ring (bicyclic) bond motifs is 4. The number of benzene rings is 4. The SMILES string of the molecule is Cc1cc(C2C3=CCC4C(=O)N(c5cc([N+](=O)[O-])c(N(C)C)c([N+](=O)[O-])c5)C(=O)C4C3CC3C(=O)N(Nc4ccc(F)cc4)C(=O)C32c2ccc(Cl)cc2)cc(C)c1O. The lowest BCUT2D eigenvalue weighted by Crippen LogP contribution is -2.53. The molecule has 15 nitrogen and oxygen atoms in total. The van der Waals surface area contributed by atoms with Gasteiger partial charge in [-0.25, -0.2) is 9.29 Å². The minimum atomic E-state index is -1.67. The lowest BCUT2D eigenvalue weighted by Gasteiger charge is -2.50. The Morgan fingerprint density at radius 2 is 1.46 bits per heavy atom. The highest BCUT2D eigenvalue weighted by molar-refractivity contribution is 6.30. The summed E-state index contributed by atoms with van der Waals surface area (Å²) >= 11 is 6.37. The molecule has 4 amide bonds. The number of carbonyl (C=O) groups excluding carboxylic acids is 4. The van der Waals surface area contributed by atoms with Crippen molar-refractivity contribution in [1.82, 2.24) is 5.01 Å². The van der Waals surface area contributed by atoms with E-state index >= 15 is 4.79 Å². The number of nitro groups is 2. The van der Waals surface area contributed by atoms with E-state index in [1.807, 2.05) is 6.08 Å². The van der Waals surface area contributed by atoms with E-state index in [0.717, 1.165) is 22.0 Å². The third-order valence-electron chi connectivity index (χ3n) is 12.3. The molecule has 4 aromatic rings. The summed E-state index contributed by atoms with van der Waals surface area (Å²) in [5.41, 5.74) is 2.01. The maximum Gasteiger partial charge on any atom is 0.301 e. The maximum absolute atomic E-state index is 15.4.